The van der Waals surface area contributed by atoms with Crippen molar-refractivity contribution in [3.63, 3.8) is 0 Å². The molecule has 2 aromatic carbocycles. The third kappa shape index (κ3) is 3.99. The number of para-hydroxylation sites is 1. The fourth-order valence-electron chi connectivity index (χ4n) is 2.13. The van der Waals surface area contributed by atoms with E-state index in [9.17, 15) is 9.90 Å². The van der Waals surface area contributed by atoms with Crippen LogP contribution in [0.1, 0.15) is 29.3 Å². The summed E-state index contributed by atoms with van der Waals surface area (Å²) < 4.78 is 5.53. The highest BCUT2D eigenvalue weighted by atomic mass is 35.5. The van der Waals surface area contributed by atoms with Crippen molar-refractivity contribution in [1.29, 1.82) is 0 Å². The molecule has 0 radical (unpaired) electrons. The maximum absolute atomic E-state index is 12.2. The molecule has 0 bridgehead atoms. The molecule has 4 heteroatoms. The number of aromatic hydroxyl groups is 1. The lowest BCUT2D eigenvalue weighted by Gasteiger charge is -2.10. The molecular formula is C17H17ClO3. The van der Waals surface area contributed by atoms with Crippen LogP contribution in [0.5, 0.6) is 11.5 Å². The Labute approximate surface area is 129 Å². The molecule has 0 saturated heterocycles. The summed E-state index contributed by atoms with van der Waals surface area (Å²) >= 11 is 5.99. The highest BCUT2D eigenvalue weighted by Crippen LogP contribution is 2.25. The highest BCUT2D eigenvalue weighted by Gasteiger charge is 2.12. The van der Waals surface area contributed by atoms with Crippen molar-refractivity contribution in [2.75, 3.05) is 6.61 Å². The predicted octanol–water partition coefficient (Wildman–Crippen LogP) is 4.26. The molecule has 110 valence electrons. The maximum atomic E-state index is 12.2. The first-order chi connectivity index (χ1) is 10.1. The van der Waals surface area contributed by atoms with Crippen molar-refractivity contribution in [3.8, 4) is 11.5 Å². The van der Waals surface area contributed by atoms with Crippen LogP contribution in [0, 0.1) is 0 Å². The number of carbonyl (C=O) groups is 1. The molecule has 0 spiro atoms. The molecule has 0 aliphatic heterocycles. The van der Waals surface area contributed by atoms with Crippen LogP contribution in [0.25, 0.3) is 0 Å². The van der Waals surface area contributed by atoms with E-state index in [4.69, 9.17) is 16.3 Å². The van der Waals surface area contributed by atoms with Crippen molar-refractivity contribution in [2.24, 2.45) is 0 Å². The average Bonchev–Trinajstić information content (AvgIpc) is 2.48. The molecule has 0 amide bonds. The summed E-state index contributed by atoms with van der Waals surface area (Å²) in [6.45, 7) is 2.47. The lowest BCUT2D eigenvalue weighted by Crippen LogP contribution is -2.03. The Morgan fingerprint density at radius 1 is 1.24 bits per heavy atom. The fourth-order valence-corrected chi connectivity index (χ4v) is 2.33. The Kier molecular flexibility index (Phi) is 5.23. The van der Waals surface area contributed by atoms with Gasteiger partial charge in [0.05, 0.1) is 12.2 Å². The number of hydrogen-bond donors (Lipinski definition) is 1. The van der Waals surface area contributed by atoms with Crippen LogP contribution in [-0.2, 0) is 6.42 Å². The largest absolute Gasteiger partial charge is 0.507 e. The summed E-state index contributed by atoms with van der Waals surface area (Å²) in [5.41, 5.74) is 1.24. The molecule has 0 heterocycles. The molecule has 0 aliphatic rings. The molecule has 3 nitrogen and oxygen atoms in total. The molecule has 0 fully saturated rings. The van der Waals surface area contributed by atoms with Gasteiger partial charge in [0.25, 0.3) is 0 Å². The number of rotatable bonds is 6. The molecule has 0 aliphatic carbocycles. The van der Waals surface area contributed by atoms with Gasteiger partial charge in [0, 0.05) is 11.4 Å². The molecule has 0 aromatic heterocycles. The quantitative estimate of drug-likeness (QED) is 0.811. The third-order valence-electron chi connectivity index (χ3n) is 3.15. The van der Waals surface area contributed by atoms with E-state index in [0.29, 0.717) is 23.6 Å². The number of Topliss-reactive ketones (excluding diaryl/α,β-unsaturated/α-hetero) is 1. The topological polar surface area (TPSA) is 46.5 Å². The van der Waals surface area contributed by atoms with E-state index in [2.05, 4.69) is 0 Å². The summed E-state index contributed by atoms with van der Waals surface area (Å²) in [4.78, 5) is 12.2. The van der Waals surface area contributed by atoms with Crippen LogP contribution in [0.2, 0.25) is 5.02 Å². The smallest absolute Gasteiger partial charge is 0.166 e. The normalized spacial score (nSPS) is 10.4. The Morgan fingerprint density at radius 3 is 2.71 bits per heavy atom. The van der Waals surface area contributed by atoms with Gasteiger partial charge in [0.2, 0.25) is 0 Å². The predicted molar refractivity (Wildman–Crippen MR) is 83.4 cm³/mol. The lowest BCUT2D eigenvalue weighted by atomic mass is 10.0. The monoisotopic (exact) mass is 304 g/mol. The Hall–Kier alpha value is -2.00. The van der Waals surface area contributed by atoms with E-state index in [1.807, 2.05) is 19.1 Å². The first-order valence-electron chi connectivity index (χ1n) is 6.84. The molecule has 2 aromatic rings. The minimum atomic E-state index is -0.101. The summed E-state index contributed by atoms with van der Waals surface area (Å²) in [7, 11) is 0. The van der Waals surface area contributed by atoms with Crippen LogP contribution in [0.3, 0.4) is 0 Å². The molecular weight excluding hydrogens is 288 g/mol. The number of carbonyl (C=O) groups excluding carboxylic acids is 1. The average molecular weight is 305 g/mol. The van der Waals surface area contributed by atoms with Crippen LogP contribution >= 0.6 is 11.6 Å². The van der Waals surface area contributed by atoms with Crippen LogP contribution in [0.4, 0.5) is 0 Å². The zero-order chi connectivity index (χ0) is 15.2. The summed E-state index contributed by atoms with van der Waals surface area (Å²) in [6, 6.07) is 11.9. The second-order valence-corrected chi connectivity index (χ2v) is 5.06. The van der Waals surface area contributed by atoms with Gasteiger partial charge < -0.3 is 9.84 Å². The first-order valence-corrected chi connectivity index (χ1v) is 7.22. The Morgan fingerprint density at radius 2 is 2.00 bits per heavy atom. The van der Waals surface area contributed by atoms with E-state index in [1.54, 1.807) is 24.3 Å². The number of phenolic OH excluding ortho intramolecular Hbond substituents is 1. The van der Waals surface area contributed by atoms with Gasteiger partial charge in [-0.15, -0.1) is 0 Å². The van der Waals surface area contributed by atoms with Gasteiger partial charge in [-0.25, -0.2) is 0 Å². The van der Waals surface area contributed by atoms with Crippen LogP contribution in [-0.4, -0.2) is 17.5 Å². The van der Waals surface area contributed by atoms with Crippen molar-refractivity contribution >= 4 is 17.4 Å². The second-order valence-electron chi connectivity index (χ2n) is 4.63. The van der Waals surface area contributed by atoms with Crippen molar-refractivity contribution in [3.05, 3.63) is 58.6 Å². The van der Waals surface area contributed by atoms with Gasteiger partial charge in [0.15, 0.2) is 5.78 Å². The fraction of sp³-hybridized carbons (Fsp3) is 0.235. The van der Waals surface area contributed by atoms with Crippen molar-refractivity contribution in [1.82, 2.24) is 0 Å². The number of aryl methyl sites for hydroxylation is 1. The first kappa shape index (κ1) is 15.4. The molecule has 0 saturated carbocycles. The number of hydrogen-bond acceptors (Lipinski definition) is 3. The van der Waals surface area contributed by atoms with E-state index < -0.39 is 0 Å². The molecule has 0 unspecified atom stereocenters. The zero-order valence-electron chi connectivity index (χ0n) is 11.8. The van der Waals surface area contributed by atoms with Crippen molar-refractivity contribution < 1.29 is 14.6 Å². The Balaban J connectivity index is 2.11. The van der Waals surface area contributed by atoms with Crippen LogP contribution in [0.15, 0.2) is 42.5 Å². The summed E-state index contributed by atoms with van der Waals surface area (Å²) in [5.74, 6) is 0.654. The third-order valence-corrected chi connectivity index (χ3v) is 3.38. The van der Waals surface area contributed by atoms with Gasteiger partial charge in [-0.1, -0.05) is 23.7 Å². The summed E-state index contributed by atoms with van der Waals surface area (Å²) in [6.07, 6.45) is 0.807. The van der Waals surface area contributed by atoms with Gasteiger partial charge >= 0.3 is 0 Å². The van der Waals surface area contributed by atoms with Gasteiger partial charge in [0.1, 0.15) is 11.5 Å². The van der Waals surface area contributed by atoms with E-state index in [0.717, 1.165) is 11.3 Å². The molecule has 2 rings (SSSR count). The summed E-state index contributed by atoms with van der Waals surface area (Å²) in [5, 5.41) is 10.3. The van der Waals surface area contributed by atoms with E-state index in [-0.39, 0.29) is 18.0 Å². The standard InChI is InChI=1S/C17H17ClO3/c1-2-21-17-10-8-13(18)11-12(17)7-9-16(20)14-5-3-4-6-15(14)19/h3-6,8,10-11,19H,2,7,9H2,1H3. The molecule has 1 N–H and O–H groups in total. The second kappa shape index (κ2) is 7.14. The number of halogens is 1. The van der Waals surface area contributed by atoms with Gasteiger partial charge in [-0.2, -0.15) is 0 Å². The van der Waals surface area contributed by atoms with Gasteiger partial charge in [-0.05, 0) is 49.2 Å². The minimum Gasteiger partial charge on any atom is -0.507 e. The van der Waals surface area contributed by atoms with Crippen molar-refractivity contribution in [2.45, 2.75) is 19.8 Å². The van der Waals surface area contributed by atoms with Gasteiger partial charge in [-0.3, -0.25) is 4.79 Å². The molecule has 21 heavy (non-hydrogen) atoms. The lowest BCUT2D eigenvalue weighted by molar-refractivity contribution is 0.0980. The molecule has 0 atom stereocenters. The van der Waals surface area contributed by atoms with E-state index in [1.165, 1.54) is 6.07 Å². The number of ketones is 1. The number of ether oxygens (including phenoxy) is 1. The maximum Gasteiger partial charge on any atom is 0.166 e. The van der Waals surface area contributed by atoms with Crippen LogP contribution < -0.4 is 4.74 Å². The highest BCUT2D eigenvalue weighted by molar-refractivity contribution is 6.30. The SMILES string of the molecule is CCOc1ccc(Cl)cc1CCC(=O)c1ccccc1O. The zero-order valence-corrected chi connectivity index (χ0v) is 12.6. The number of phenols is 1. The number of benzene rings is 2. The minimum absolute atomic E-state index is 0.0126. The van der Waals surface area contributed by atoms with E-state index >= 15 is 0 Å². The Bertz CT molecular complexity index is 638.